The first-order valence-corrected chi connectivity index (χ1v) is 5.89. The van der Waals surface area contributed by atoms with Crippen LogP contribution in [0.15, 0.2) is 43.0 Å². The molecule has 0 aromatic heterocycles. The lowest BCUT2D eigenvalue weighted by atomic mass is 9.98. The lowest BCUT2D eigenvalue weighted by Crippen LogP contribution is -2.28. The number of hydrogen-bond donors (Lipinski definition) is 0. The number of rotatable bonds is 3. The van der Waals surface area contributed by atoms with Gasteiger partial charge in [0.2, 0.25) is 0 Å². The molecular weight excluding hydrogens is 194 g/mol. The minimum absolute atomic E-state index is 0.998. The van der Waals surface area contributed by atoms with E-state index in [2.05, 4.69) is 48.7 Å². The second-order valence-corrected chi connectivity index (χ2v) is 4.39. The summed E-state index contributed by atoms with van der Waals surface area (Å²) in [6.07, 6.45) is 5.47. The summed E-state index contributed by atoms with van der Waals surface area (Å²) in [6.45, 7) is 9.10. The molecular formula is C15H19N. The van der Waals surface area contributed by atoms with E-state index in [1.165, 1.54) is 16.7 Å². The van der Waals surface area contributed by atoms with E-state index in [1.54, 1.807) is 0 Å². The molecule has 1 heterocycles. The molecule has 0 N–H and O–H groups in total. The first-order chi connectivity index (χ1) is 7.79. The molecule has 0 radical (unpaired) electrons. The van der Waals surface area contributed by atoms with Gasteiger partial charge in [0.1, 0.15) is 0 Å². The van der Waals surface area contributed by atoms with Crippen LogP contribution in [0.3, 0.4) is 0 Å². The van der Waals surface area contributed by atoms with E-state index >= 15 is 0 Å². The molecule has 1 heteroatoms. The zero-order valence-corrected chi connectivity index (χ0v) is 9.95. The molecule has 1 aliphatic rings. The van der Waals surface area contributed by atoms with Crippen LogP contribution in [0.25, 0.3) is 5.57 Å². The molecule has 0 amide bonds. The van der Waals surface area contributed by atoms with Crippen molar-refractivity contribution in [3.8, 4) is 0 Å². The summed E-state index contributed by atoms with van der Waals surface area (Å²) < 4.78 is 0. The van der Waals surface area contributed by atoms with Crippen LogP contribution in [0.5, 0.6) is 0 Å². The highest BCUT2D eigenvalue weighted by atomic mass is 15.1. The summed E-state index contributed by atoms with van der Waals surface area (Å²) in [4.78, 5) is 2.41. The van der Waals surface area contributed by atoms with Crippen molar-refractivity contribution in [3.63, 3.8) is 0 Å². The highest BCUT2D eigenvalue weighted by Gasteiger charge is 2.11. The molecule has 16 heavy (non-hydrogen) atoms. The number of aryl methyl sites for hydroxylation is 1. The number of hydrogen-bond acceptors (Lipinski definition) is 1. The van der Waals surface area contributed by atoms with Crippen LogP contribution in [-0.4, -0.2) is 24.5 Å². The van der Waals surface area contributed by atoms with E-state index in [1.807, 2.05) is 6.08 Å². The predicted octanol–water partition coefficient (Wildman–Crippen LogP) is 3.27. The van der Waals surface area contributed by atoms with Gasteiger partial charge in [0.15, 0.2) is 0 Å². The maximum Gasteiger partial charge on any atom is 0.0172 e. The highest BCUT2D eigenvalue weighted by molar-refractivity contribution is 5.66. The van der Waals surface area contributed by atoms with Crippen molar-refractivity contribution in [1.82, 2.24) is 4.90 Å². The summed E-state index contributed by atoms with van der Waals surface area (Å²) in [5, 5.41) is 0. The van der Waals surface area contributed by atoms with Gasteiger partial charge in [-0.2, -0.15) is 0 Å². The molecule has 0 saturated carbocycles. The van der Waals surface area contributed by atoms with Crippen LogP contribution in [-0.2, 0) is 0 Å². The first kappa shape index (κ1) is 11.2. The monoisotopic (exact) mass is 213 g/mol. The van der Waals surface area contributed by atoms with Gasteiger partial charge in [0, 0.05) is 19.6 Å². The van der Waals surface area contributed by atoms with E-state index in [0.717, 1.165) is 26.1 Å². The fourth-order valence-corrected chi connectivity index (χ4v) is 2.09. The van der Waals surface area contributed by atoms with Gasteiger partial charge in [0.05, 0.1) is 0 Å². The summed E-state index contributed by atoms with van der Waals surface area (Å²) in [5.41, 5.74) is 4.19. The van der Waals surface area contributed by atoms with E-state index in [4.69, 9.17) is 0 Å². The van der Waals surface area contributed by atoms with Crippen molar-refractivity contribution in [1.29, 1.82) is 0 Å². The molecule has 1 aromatic rings. The number of benzene rings is 1. The van der Waals surface area contributed by atoms with Gasteiger partial charge in [-0.25, -0.2) is 0 Å². The molecule has 0 spiro atoms. The zero-order chi connectivity index (χ0) is 11.4. The van der Waals surface area contributed by atoms with E-state index in [9.17, 15) is 0 Å². The van der Waals surface area contributed by atoms with Crippen molar-refractivity contribution in [3.05, 3.63) is 54.1 Å². The van der Waals surface area contributed by atoms with Crippen LogP contribution in [0, 0.1) is 6.92 Å². The molecule has 0 fully saturated rings. The third-order valence-corrected chi connectivity index (χ3v) is 3.10. The molecule has 0 aliphatic carbocycles. The normalized spacial score (nSPS) is 16.9. The molecule has 1 aliphatic heterocycles. The highest BCUT2D eigenvalue weighted by Crippen LogP contribution is 2.22. The second-order valence-electron chi connectivity index (χ2n) is 4.39. The fraction of sp³-hybridized carbons (Fsp3) is 0.333. The Balaban J connectivity index is 2.07. The molecule has 0 bridgehead atoms. The Bertz CT molecular complexity index is 386. The third kappa shape index (κ3) is 2.61. The maximum atomic E-state index is 3.78. The average Bonchev–Trinajstić information content (AvgIpc) is 2.32. The maximum absolute atomic E-state index is 3.78. The third-order valence-electron chi connectivity index (χ3n) is 3.10. The zero-order valence-electron chi connectivity index (χ0n) is 9.95. The quantitative estimate of drug-likeness (QED) is 0.697. The van der Waals surface area contributed by atoms with Crippen LogP contribution in [0.1, 0.15) is 17.5 Å². The van der Waals surface area contributed by atoms with Gasteiger partial charge in [-0.15, -0.1) is 6.58 Å². The first-order valence-electron chi connectivity index (χ1n) is 5.89. The fourth-order valence-electron chi connectivity index (χ4n) is 2.09. The standard InChI is InChI=1S/C15H19N/c1-3-10-16-11-8-15(9-12-16)14-6-4-13(2)5-7-14/h3-8H,1,9-12H2,2H3. The lowest BCUT2D eigenvalue weighted by molar-refractivity contribution is 0.335. The predicted molar refractivity (Wildman–Crippen MR) is 70.4 cm³/mol. The summed E-state index contributed by atoms with van der Waals surface area (Å²) in [7, 11) is 0. The second kappa shape index (κ2) is 5.13. The minimum Gasteiger partial charge on any atom is -0.296 e. The van der Waals surface area contributed by atoms with Crippen LogP contribution >= 0.6 is 0 Å². The topological polar surface area (TPSA) is 3.24 Å². The molecule has 1 nitrogen and oxygen atoms in total. The molecule has 0 unspecified atom stereocenters. The van der Waals surface area contributed by atoms with Crippen molar-refractivity contribution in [2.75, 3.05) is 19.6 Å². The Hall–Kier alpha value is -1.34. The van der Waals surface area contributed by atoms with Gasteiger partial charge in [-0.3, -0.25) is 4.90 Å². The molecule has 1 aromatic carbocycles. The van der Waals surface area contributed by atoms with Crippen LogP contribution in [0.2, 0.25) is 0 Å². The molecule has 0 saturated heterocycles. The smallest absolute Gasteiger partial charge is 0.0172 e. The van der Waals surface area contributed by atoms with Crippen molar-refractivity contribution >= 4 is 5.57 Å². The Kier molecular flexibility index (Phi) is 3.58. The van der Waals surface area contributed by atoms with E-state index in [-0.39, 0.29) is 0 Å². The summed E-state index contributed by atoms with van der Waals surface area (Å²) in [5.74, 6) is 0. The van der Waals surface area contributed by atoms with Gasteiger partial charge < -0.3 is 0 Å². The van der Waals surface area contributed by atoms with Gasteiger partial charge in [-0.05, 0) is 24.5 Å². The Morgan fingerprint density at radius 2 is 2.06 bits per heavy atom. The SMILES string of the molecule is C=CCN1CC=C(c2ccc(C)cc2)CC1. The van der Waals surface area contributed by atoms with E-state index in [0.29, 0.717) is 0 Å². The largest absolute Gasteiger partial charge is 0.296 e. The molecule has 0 atom stereocenters. The van der Waals surface area contributed by atoms with Crippen molar-refractivity contribution in [2.45, 2.75) is 13.3 Å². The molecule has 84 valence electrons. The molecule has 2 rings (SSSR count). The van der Waals surface area contributed by atoms with Crippen LogP contribution < -0.4 is 0 Å². The van der Waals surface area contributed by atoms with Crippen LogP contribution in [0.4, 0.5) is 0 Å². The van der Waals surface area contributed by atoms with Gasteiger partial charge in [0.25, 0.3) is 0 Å². The van der Waals surface area contributed by atoms with Crippen molar-refractivity contribution in [2.24, 2.45) is 0 Å². The number of nitrogens with zero attached hydrogens (tertiary/aromatic N) is 1. The van der Waals surface area contributed by atoms with Gasteiger partial charge >= 0.3 is 0 Å². The Labute approximate surface area is 98.1 Å². The summed E-state index contributed by atoms with van der Waals surface area (Å²) in [6, 6.07) is 8.83. The Morgan fingerprint density at radius 3 is 2.62 bits per heavy atom. The average molecular weight is 213 g/mol. The van der Waals surface area contributed by atoms with Gasteiger partial charge in [-0.1, -0.05) is 42.0 Å². The van der Waals surface area contributed by atoms with Crippen molar-refractivity contribution < 1.29 is 0 Å². The Morgan fingerprint density at radius 1 is 1.31 bits per heavy atom. The minimum atomic E-state index is 0.998. The lowest BCUT2D eigenvalue weighted by Gasteiger charge is -2.25. The van der Waals surface area contributed by atoms with E-state index < -0.39 is 0 Å². The summed E-state index contributed by atoms with van der Waals surface area (Å²) >= 11 is 0.